The van der Waals surface area contributed by atoms with Crippen LogP contribution in [0, 0.1) is 13.8 Å². The number of nitrogens with zero attached hydrogens (tertiary/aromatic N) is 1. The topological polar surface area (TPSA) is 77.8 Å². The molecule has 0 aliphatic carbocycles. The molecule has 1 fully saturated rings. The highest BCUT2D eigenvalue weighted by molar-refractivity contribution is 6.51. The lowest BCUT2D eigenvalue weighted by Gasteiger charge is -2.26. The average molecular weight is 484 g/mol. The molecular formula is C29H22ClNO4. The minimum absolute atomic E-state index is 0.0359. The van der Waals surface area contributed by atoms with Crippen molar-refractivity contribution in [2.45, 2.75) is 19.9 Å². The molecule has 5 rings (SSSR count). The number of phenolic OH excluding ortho intramolecular Hbond substituents is 1. The minimum Gasteiger partial charge on any atom is -0.507 e. The first-order chi connectivity index (χ1) is 16.7. The summed E-state index contributed by atoms with van der Waals surface area (Å²) in [6.45, 7) is 3.82. The Morgan fingerprint density at radius 1 is 0.857 bits per heavy atom. The molecule has 1 aliphatic heterocycles. The number of hydrogen-bond acceptors (Lipinski definition) is 4. The van der Waals surface area contributed by atoms with Crippen molar-refractivity contribution >= 4 is 45.5 Å². The third-order valence-electron chi connectivity index (χ3n) is 6.24. The Balaban J connectivity index is 1.76. The van der Waals surface area contributed by atoms with E-state index < -0.39 is 17.7 Å². The summed E-state index contributed by atoms with van der Waals surface area (Å²) in [7, 11) is 0. The number of aromatic hydroxyl groups is 1. The first kappa shape index (κ1) is 22.7. The van der Waals surface area contributed by atoms with Gasteiger partial charge in [-0.3, -0.25) is 14.5 Å². The highest BCUT2D eigenvalue weighted by atomic mass is 35.5. The van der Waals surface area contributed by atoms with Crippen molar-refractivity contribution in [3.63, 3.8) is 0 Å². The molecule has 1 atom stereocenters. The number of aryl methyl sites for hydroxylation is 2. The van der Waals surface area contributed by atoms with Crippen LogP contribution in [0.1, 0.15) is 28.3 Å². The highest BCUT2D eigenvalue weighted by Gasteiger charge is 2.47. The van der Waals surface area contributed by atoms with Gasteiger partial charge in [-0.2, -0.15) is 0 Å². The van der Waals surface area contributed by atoms with E-state index >= 15 is 0 Å². The third kappa shape index (κ3) is 3.94. The van der Waals surface area contributed by atoms with Gasteiger partial charge in [0.1, 0.15) is 11.5 Å². The fraction of sp³-hybridized carbons (Fsp3) is 0.103. The molecular weight excluding hydrogens is 462 g/mol. The summed E-state index contributed by atoms with van der Waals surface area (Å²) < 4.78 is 0. The summed E-state index contributed by atoms with van der Waals surface area (Å²) in [4.78, 5) is 28.1. The van der Waals surface area contributed by atoms with E-state index in [2.05, 4.69) is 0 Å². The number of carbonyl (C=O) groups is 2. The van der Waals surface area contributed by atoms with Crippen molar-refractivity contribution in [2.75, 3.05) is 4.90 Å². The molecule has 1 unspecified atom stereocenters. The SMILES string of the molecule is Cc1cc(C)cc(N2C(=O)C(=O)/C(=C(\O)c3ccc4ccccc4c3)C2c2ccc(O)c(Cl)c2)c1. The number of Topliss-reactive ketones (excluding diaryl/α,β-unsaturated/α-hetero) is 1. The largest absolute Gasteiger partial charge is 0.507 e. The lowest BCUT2D eigenvalue weighted by atomic mass is 9.94. The molecule has 4 aromatic carbocycles. The Morgan fingerprint density at radius 2 is 1.54 bits per heavy atom. The number of aliphatic hydroxyl groups excluding tert-OH is 1. The first-order valence-electron chi connectivity index (χ1n) is 11.1. The third-order valence-corrected chi connectivity index (χ3v) is 6.54. The first-order valence-corrected chi connectivity index (χ1v) is 11.5. The van der Waals surface area contributed by atoms with Gasteiger partial charge in [0.15, 0.2) is 0 Å². The molecule has 0 radical (unpaired) electrons. The Kier molecular flexibility index (Phi) is 5.58. The summed E-state index contributed by atoms with van der Waals surface area (Å²) in [5.74, 6) is -1.92. The lowest BCUT2D eigenvalue weighted by molar-refractivity contribution is -0.132. The summed E-state index contributed by atoms with van der Waals surface area (Å²) >= 11 is 6.20. The Hall–Kier alpha value is -4.09. The summed E-state index contributed by atoms with van der Waals surface area (Å²) in [5, 5.41) is 23.3. The van der Waals surface area contributed by atoms with Crippen molar-refractivity contribution < 1.29 is 19.8 Å². The normalized spacial score (nSPS) is 17.3. The van der Waals surface area contributed by atoms with E-state index in [1.54, 1.807) is 18.2 Å². The number of fused-ring (bicyclic) bond motifs is 1. The van der Waals surface area contributed by atoms with Crippen LogP contribution >= 0.6 is 11.6 Å². The van der Waals surface area contributed by atoms with Crippen LogP contribution in [-0.4, -0.2) is 21.9 Å². The standard InChI is InChI=1S/C29H22ClNO4/c1-16-11-17(2)13-22(12-16)31-26(20-9-10-24(32)23(30)15-20)25(28(34)29(31)35)27(33)21-8-7-18-5-3-4-6-19(18)14-21/h3-15,26,32-33H,1-2H3/b27-25-. The smallest absolute Gasteiger partial charge is 0.300 e. The van der Waals surface area contributed by atoms with Crippen LogP contribution in [0.5, 0.6) is 5.75 Å². The van der Waals surface area contributed by atoms with Crippen LogP contribution in [0.3, 0.4) is 0 Å². The molecule has 1 amide bonds. The predicted octanol–water partition coefficient (Wildman–Crippen LogP) is 6.44. The summed E-state index contributed by atoms with van der Waals surface area (Å²) in [5.41, 5.74) is 3.28. The van der Waals surface area contributed by atoms with Crippen molar-refractivity contribution in [3.05, 3.63) is 112 Å². The average Bonchev–Trinajstić information content (AvgIpc) is 3.10. The second-order valence-electron chi connectivity index (χ2n) is 8.79. The number of phenols is 1. The second-order valence-corrected chi connectivity index (χ2v) is 9.19. The highest BCUT2D eigenvalue weighted by Crippen LogP contribution is 2.44. The van der Waals surface area contributed by atoms with Crippen LogP contribution < -0.4 is 4.90 Å². The van der Waals surface area contributed by atoms with Crippen molar-refractivity contribution in [1.82, 2.24) is 0 Å². The maximum Gasteiger partial charge on any atom is 0.300 e. The number of aliphatic hydroxyl groups is 1. The molecule has 35 heavy (non-hydrogen) atoms. The predicted molar refractivity (Wildman–Crippen MR) is 138 cm³/mol. The van der Waals surface area contributed by atoms with E-state index in [4.69, 9.17) is 11.6 Å². The van der Waals surface area contributed by atoms with Gasteiger partial charge in [-0.05, 0) is 71.6 Å². The number of hydrogen-bond donors (Lipinski definition) is 2. The van der Waals surface area contributed by atoms with E-state index in [-0.39, 0.29) is 22.1 Å². The second kappa shape index (κ2) is 8.60. The lowest BCUT2D eigenvalue weighted by Crippen LogP contribution is -2.29. The zero-order valence-electron chi connectivity index (χ0n) is 19.1. The van der Waals surface area contributed by atoms with Crippen LogP contribution in [0.25, 0.3) is 16.5 Å². The van der Waals surface area contributed by atoms with E-state index in [1.807, 2.05) is 62.4 Å². The fourth-order valence-corrected chi connectivity index (χ4v) is 4.88. The van der Waals surface area contributed by atoms with Gasteiger partial charge >= 0.3 is 0 Å². The molecule has 0 bridgehead atoms. The molecule has 2 N–H and O–H groups in total. The number of halogens is 1. The summed E-state index contributed by atoms with van der Waals surface area (Å²) in [6, 6.07) is 22.3. The molecule has 1 saturated heterocycles. The number of carbonyl (C=O) groups excluding carboxylic acids is 2. The van der Waals surface area contributed by atoms with Crippen molar-refractivity contribution in [2.24, 2.45) is 0 Å². The van der Waals surface area contributed by atoms with Gasteiger partial charge in [0.25, 0.3) is 11.7 Å². The van der Waals surface area contributed by atoms with Crippen LogP contribution in [0.4, 0.5) is 5.69 Å². The van der Waals surface area contributed by atoms with Crippen LogP contribution in [0.2, 0.25) is 5.02 Å². The molecule has 0 spiro atoms. The van der Waals surface area contributed by atoms with Crippen molar-refractivity contribution in [3.8, 4) is 5.75 Å². The monoisotopic (exact) mass is 483 g/mol. The van der Waals surface area contributed by atoms with E-state index in [0.29, 0.717) is 16.8 Å². The van der Waals surface area contributed by atoms with Gasteiger partial charge in [0.2, 0.25) is 0 Å². The molecule has 6 heteroatoms. The fourth-order valence-electron chi connectivity index (χ4n) is 4.69. The molecule has 0 aromatic heterocycles. The van der Waals surface area contributed by atoms with Gasteiger partial charge in [0.05, 0.1) is 16.6 Å². The number of benzene rings is 4. The molecule has 1 heterocycles. The molecule has 174 valence electrons. The Bertz CT molecular complexity index is 1540. The molecule has 5 nitrogen and oxygen atoms in total. The zero-order chi connectivity index (χ0) is 24.9. The van der Waals surface area contributed by atoms with Gasteiger partial charge in [-0.1, -0.05) is 60.1 Å². The Morgan fingerprint density at radius 3 is 2.23 bits per heavy atom. The number of rotatable bonds is 3. The number of ketones is 1. The van der Waals surface area contributed by atoms with Gasteiger partial charge in [-0.25, -0.2) is 0 Å². The van der Waals surface area contributed by atoms with E-state index in [9.17, 15) is 19.8 Å². The van der Waals surface area contributed by atoms with Gasteiger partial charge in [-0.15, -0.1) is 0 Å². The van der Waals surface area contributed by atoms with Crippen LogP contribution in [0.15, 0.2) is 84.4 Å². The number of anilines is 1. The maximum atomic E-state index is 13.4. The van der Waals surface area contributed by atoms with E-state index in [0.717, 1.165) is 21.9 Å². The van der Waals surface area contributed by atoms with E-state index in [1.165, 1.54) is 17.0 Å². The zero-order valence-corrected chi connectivity index (χ0v) is 19.9. The molecule has 4 aromatic rings. The minimum atomic E-state index is -0.930. The van der Waals surface area contributed by atoms with Crippen molar-refractivity contribution in [1.29, 1.82) is 0 Å². The molecule has 0 saturated carbocycles. The number of amides is 1. The molecule has 1 aliphatic rings. The van der Waals surface area contributed by atoms with Gasteiger partial charge < -0.3 is 10.2 Å². The summed E-state index contributed by atoms with van der Waals surface area (Å²) in [6.07, 6.45) is 0. The maximum absolute atomic E-state index is 13.4. The van der Waals surface area contributed by atoms with Gasteiger partial charge in [0, 0.05) is 11.3 Å². The Labute approximate surface area is 207 Å². The quantitative estimate of drug-likeness (QED) is 0.199. The van der Waals surface area contributed by atoms with Crippen LogP contribution in [-0.2, 0) is 9.59 Å².